The molecule has 6 nitrogen and oxygen atoms in total. The van der Waals surface area contributed by atoms with Crippen LogP contribution in [0.2, 0.25) is 0 Å². The van der Waals surface area contributed by atoms with Gasteiger partial charge in [-0.05, 0) is 47.5 Å². The zero-order valence-electron chi connectivity index (χ0n) is 17.2. The molecular formula is C27H14N6. The molecule has 0 bridgehead atoms. The topological polar surface area (TPSA) is 120 Å². The van der Waals surface area contributed by atoms with E-state index in [-0.39, 0.29) is 16.9 Å². The van der Waals surface area contributed by atoms with E-state index in [0.29, 0.717) is 28.0 Å². The lowest BCUT2D eigenvalue weighted by molar-refractivity contribution is 1.46. The molecular weight excluding hydrogens is 408 g/mol. The molecule has 4 rings (SSSR count). The summed E-state index contributed by atoms with van der Waals surface area (Å²) >= 11 is 0. The lowest BCUT2D eigenvalue weighted by Gasteiger charge is -2.07. The Morgan fingerprint density at radius 2 is 1.03 bits per heavy atom. The Morgan fingerprint density at radius 3 is 1.52 bits per heavy atom. The minimum absolute atomic E-state index is 0.131. The average molecular weight is 422 g/mol. The highest BCUT2D eigenvalue weighted by molar-refractivity contribution is 6.52. The van der Waals surface area contributed by atoms with Gasteiger partial charge in [-0.1, -0.05) is 42.5 Å². The molecule has 0 saturated carbocycles. The molecule has 0 atom stereocenters. The Labute approximate surface area is 190 Å². The van der Waals surface area contributed by atoms with E-state index in [2.05, 4.69) is 10.3 Å². The van der Waals surface area contributed by atoms with Crippen LogP contribution in [0.15, 0.2) is 95.0 Å². The van der Waals surface area contributed by atoms with E-state index in [0.717, 1.165) is 11.4 Å². The van der Waals surface area contributed by atoms with Crippen LogP contribution in [0.4, 0.5) is 17.1 Å². The molecule has 0 aliphatic heterocycles. The molecule has 3 aromatic carbocycles. The highest BCUT2D eigenvalue weighted by atomic mass is 14.9. The maximum absolute atomic E-state index is 9.57. The first-order valence-corrected chi connectivity index (χ1v) is 9.90. The van der Waals surface area contributed by atoms with Crippen molar-refractivity contribution >= 4 is 33.9 Å². The molecule has 0 spiro atoms. The molecule has 1 aliphatic carbocycles. The van der Waals surface area contributed by atoms with E-state index >= 15 is 0 Å². The van der Waals surface area contributed by atoms with Crippen molar-refractivity contribution in [2.45, 2.75) is 0 Å². The van der Waals surface area contributed by atoms with E-state index in [1.807, 2.05) is 66.7 Å². The van der Waals surface area contributed by atoms with Crippen LogP contribution in [0, 0.1) is 45.3 Å². The number of nitrogens with zero attached hydrogens (tertiary/aromatic N) is 5. The third kappa shape index (κ3) is 3.97. The van der Waals surface area contributed by atoms with Crippen LogP contribution in [-0.2, 0) is 0 Å². The fourth-order valence-electron chi connectivity index (χ4n) is 3.63. The lowest BCUT2D eigenvalue weighted by atomic mass is 10.0. The molecule has 0 amide bonds. The van der Waals surface area contributed by atoms with Gasteiger partial charge in [-0.3, -0.25) is 0 Å². The van der Waals surface area contributed by atoms with Crippen LogP contribution in [0.25, 0.3) is 11.1 Å². The number of nitrogens with one attached hydrogen (secondary N) is 1. The number of hydrogen-bond acceptors (Lipinski definition) is 6. The number of rotatable bonds is 3. The van der Waals surface area contributed by atoms with E-state index in [9.17, 15) is 21.0 Å². The second-order valence-electron chi connectivity index (χ2n) is 6.99. The Morgan fingerprint density at radius 1 is 0.576 bits per heavy atom. The van der Waals surface area contributed by atoms with Gasteiger partial charge < -0.3 is 5.32 Å². The molecule has 6 heteroatoms. The van der Waals surface area contributed by atoms with Gasteiger partial charge in [0, 0.05) is 22.5 Å². The molecule has 0 unspecified atom stereocenters. The standard InChI is InChI=1S/C27H14N6/c28-14-18(15-29)25-23-8-4-5-9-24(23)26(19(16-30)17-31)27(25)33-22-12-10-21(11-13-22)32-20-6-2-1-3-7-20/h1-13,32H. The summed E-state index contributed by atoms with van der Waals surface area (Å²) < 4.78 is 0. The van der Waals surface area contributed by atoms with Gasteiger partial charge in [-0.2, -0.15) is 21.0 Å². The van der Waals surface area contributed by atoms with Crippen molar-refractivity contribution in [3.05, 3.63) is 101 Å². The summed E-state index contributed by atoms with van der Waals surface area (Å²) in [4.78, 5) is 4.69. The summed E-state index contributed by atoms with van der Waals surface area (Å²) in [6.45, 7) is 0. The van der Waals surface area contributed by atoms with Crippen LogP contribution in [0.3, 0.4) is 0 Å². The molecule has 0 saturated heterocycles. The van der Waals surface area contributed by atoms with Gasteiger partial charge in [-0.15, -0.1) is 0 Å². The van der Waals surface area contributed by atoms with E-state index in [1.54, 1.807) is 36.4 Å². The largest absolute Gasteiger partial charge is 0.356 e. The first-order chi connectivity index (χ1) is 16.2. The zero-order valence-corrected chi connectivity index (χ0v) is 17.2. The summed E-state index contributed by atoms with van der Waals surface area (Å²) in [6.07, 6.45) is 0. The molecule has 3 aromatic rings. The van der Waals surface area contributed by atoms with Crippen molar-refractivity contribution in [2.75, 3.05) is 5.32 Å². The van der Waals surface area contributed by atoms with E-state index < -0.39 is 0 Å². The Hall–Kier alpha value is -5.43. The van der Waals surface area contributed by atoms with Crippen LogP contribution in [0.5, 0.6) is 0 Å². The maximum Gasteiger partial charge on any atom is 0.139 e. The van der Waals surface area contributed by atoms with Gasteiger partial charge >= 0.3 is 0 Å². The summed E-state index contributed by atoms with van der Waals surface area (Å²) in [5.41, 5.74) is 4.18. The van der Waals surface area contributed by atoms with Crippen LogP contribution >= 0.6 is 0 Å². The Kier molecular flexibility index (Phi) is 5.78. The van der Waals surface area contributed by atoms with Crippen molar-refractivity contribution in [1.29, 1.82) is 21.0 Å². The third-order valence-corrected chi connectivity index (χ3v) is 5.06. The predicted molar refractivity (Wildman–Crippen MR) is 126 cm³/mol. The van der Waals surface area contributed by atoms with Gasteiger partial charge in [0.15, 0.2) is 0 Å². The SMILES string of the molecule is N#CC(C#N)=C1C(=Nc2ccc(Nc3ccccc3)cc2)C(=C(C#N)C#N)c2ccccc21. The van der Waals surface area contributed by atoms with Crippen molar-refractivity contribution in [3.63, 3.8) is 0 Å². The fourth-order valence-corrected chi connectivity index (χ4v) is 3.63. The number of anilines is 2. The normalized spacial score (nSPS) is 11.3. The number of nitriles is 4. The number of aliphatic imine (C=N–C) groups is 1. The molecule has 0 heterocycles. The molecule has 33 heavy (non-hydrogen) atoms. The van der Waals surface area contributed by atoms with Crippen molar-refractivity contribution in [1.82, 2.24) is 0 Å². The van der Waals surface area contributed by atoms with Crippen molar-refractivity contribution < 1.29 is 0 Å². The molecule has 0 fully saturated rings. The smallest absolute Gasteiger partial charge is 0.139 e. The number of fused-ring (bicyclic) bond motifs is 1. The summed E-state index contributed by atoms with van der Waals surface area (Å²) in [5.74, 6) is 0. The summed E-state index contributed by atoms with van der Waals surface area (Å²) in [7, 11) is 0. The Balaban J connectivity index is 1.87. The van der Waals surface area contributed by atoms with Gasteiger partial charge in [0.25, 0.3) is 0 Å². The number of para-hydroxylation sites is 1. The molecule has 0 radical (unpaired) electrons. The second-order valence-corrected chi connectivity index (χ2v) is 6.99. The Bertz CT molecular complexity index is 1390. The van der Waals surface area contributed by atoms with Crippen molar-refractivity contribution in [3.8, 4) is 24.3 Å². The van der Waals surface area contributed by atoms with Crippen LogP contribution in [0.1, 0.15) is 11.1 Å². The van der Waals surface area contributed by atoms with Gasteiger partial charge in [0.2, 0.25) is 0 Å². The minimum Gasteiger partial charge on any atom is -0.356 e. The highest BCUT2D eigenvalue weighted by Gasteiger charge is 2.33. The second kappa shape index (κ2) is 9.15. The molecule has 0 aromatic heterocycles. The van der Waals surface area contributed by atoms with Crippen LogP contribution in [-0.4, -0.2) is 5.71 Å². The van der Waals surface area contributed by atoms with Gasteiger partial charge in [0.05, 0.1) is 11.4 Å². The van der Waals surface area contributed by atoms with E-state index in [4.69, 9.17) is 0 Å². The molecule has 152 valence electrons. The third-order valence-electron chi connectivity index (χ3n) is 5.06. The van der Waals surface area contributed by atoms with E-state index in [1.165, 1.54) is 0 Å². The predicted octanol–water partition coefficient (Wildman–Crippen LogP) is 5.82. The monoisotopic (exact) mass is 422 g/mol. The van der Waals surface area contributed by atoms with Crippen LogP contribution < -0.4 is 5.32 Å². The molecule has 1 aliphatic rings. The quantitative estimate of drug-likeness (QED) is 0.533. The minimum atomic E-state index is -0.131. The van der Waals surface area contributed by atoms with Crippen molar-refractivity contribution in [2.24, 2.45) is 4.99 Å². The first-order valence-electron chi connectivity index (χ1n) is 9.90. The maximum atomic E-state index is 9.57. The van der Waals surface area contributed by atoms with Gasteiger partial charge in [-0.25, -0.2) is 4.99 Å². The first kappa shape index (κ1) is 20.8. The zero-order chi connectivity index (χ0) is 23.2. The number of benzene rings is 3. The summed E-state index contributed by atoms with van der Waals surface area (Å²) in [5, 5.41) is 41.6. The molecule has 1 N–H and O–H groups in total. The van der Waals surface area contributed by atoms with Gasteiger partial charge in [0.1, 0.15) is 35.4 Å². The number of allylic oxidation sites excluding steroid dienone is 4. The lowest BCUT2D eigenvalue weighted by Crippen LogP contribution is -2.00. The fraction of sp³-hybridized carbons (Fsp3) is 0. The average Bonchev–Trinajstić information content (AvgIpc) is 3.17. The number of hydrogen-bond donors (Lipinski definition) is 1. The highest BCUT2D eigenvalue weighted by Crippen LogP contribution is 2.42. The summed E-state index contributed by atoms with van der Waals surface area (Å²) in [6, 6.07) is 31.7.